The number of hydrogen-bond donors (Lipinski definition) is 0. The van der Waals surface area contributed by atoms with Crippen molar-refractivity contribution in [1.82, 2.24) is 9.97 Å². The molecule has 0 fully saturated rings. The summed E-state index contributed by atoms with van der Waals surface area (Å²) >= 11 is 7.20. The van der Waals surface area contributed by atoms with Gasteiger partial charge in [0, 0.05) is 11.2 Å². The van der Waals surface area contributed by atoms with Crippen molar-refractivity contribution in [2.24, 2.45) is 0 Å². The number of fused-ring (bicyclic) bond motifs is 1. The van der Waals surface area contributed by atoms with Crippen LogP contribution < -0.4 is 4.90 Å². The van der Waals surface area contributed by atoms with Gasteiger partial charge in [-0.05, 0) is 61.0 Å². The largest absolute Gasteiger partial charge is 0.281 e. The number of benzene rings is 2. The van der Waals surface area contributed by atoms with Gasteiger partial charge in [-0.15, -0.1) is 0 Å². The zero-order valence-corrected chi connectivity index (χ0v) is 18.9. The Morgan fingerprint density at radius 3 is 2.58 bits per heavy atom. The van der Waals surface area contributed by atoms with E-state index < -0.39 is 21.5 Å². The van der Waals surface area contributed by atoms with Crippen molar-refractivity contribution >= 4 is 54.0 Å². The lowest BCUT2D eigenvalue weighted by Gasteiger charge is -2.19. The number of aryl methyl sites for hydroxylation is 1. The maximum atomic E-state index is 13.2. The average molecular weight is 472 g/mol. The Labute approximate surface area is 189 Å². The van der Waals surface area contributed by atoms with Crippen molar-refractivity contribution in [2.45, 2.75) is 18.4 Å². The minimum Gasteiger partial charge on any atom is -0.281 e. The second-order valence-corrected chi connectivity index (χ2v) is 10.4. The van der Waals surface area contributed by atoms with Crippen LogP contribution in [0.3, 0.4) is 0 Å². The molecular weight excluding hydrogens is 454 g/mol. The molecule has 4 rings (SSSR count). The molecule has 6 nitrogen and oxygen atoms in total. The molecule has 1 amide bonds. The minimum atomic E-state index is -3.85. The number of carbonyl (C=O) groups is 1. The summed E-state index contributed by atoms with van der Waals surface area (Å²) in [5.74, 6) is -1.26. The Morgan fingerprint density at radius 2 is 1.87 bits per heavy atom. The molecular formula is C22H18ClN3O3S2. The van der Waals surface area contributed by atoms with E-state index in [0.717, 1.165) is 15.8 Å². The number of halogens is 1. The first-order valence-corrected chi connectivity index (χ1v) is 12.2. The van der Waals surface area contributed by atoms with Gasteiger partial charge >= 0.3 is 0 Å². The number of thiazole rings is 1. The van der Waals surface area contributed by atoms with Gasteiger partial charge in [-0.1, -0.05) is 35.1 Å². The van der Waals surface area contributed by atoms with Crippen molar-refractivity contribution in [1.29, 1.82) is 0 Å². The summed E-state index contributed by atoms with van der Waals surface area (Å²) in [6.07, 6.45) is 1.63. The van der Waals surface area contributed by atoms with E-state index in [-0.39, 0.29) is 11.4 Å². The van der Waals surface area contributed by atoms with E-state index in [2.05, 4.69) is 9.97 Å². The molecule has 0 aliphatic rings. The molecule has 158 valence electrons. The molecule has 0 aliphatic carbocycles. The van der Waals surface area contributed by atoms with Gasteiger partial charge in [-0.3, -0.25) is 14.7 Å². The molecule has 2 heterocycles. The fraction of sp³-hybridized carbons (Fsp3) is 0.136. The SMILES string of the molecule is Cc1ccc2nc(N(Cc3ccccn3)C(=O)CS(=O)(=O)c3ccc(Cl)cc3)sc2c1. The molecule has 0 aliphatic heterocycles. The van der Waals surface area contributed by atoms with Crippen molar-refractivity contribution in [3.8, 4) is 0 Å². The van der Waals surface area contributed by atoms with Gasteiger partial charge in [0.05, 0.1) is 27.4 Å². The number of carbonyl (C=O) groups excluding carboxylic acids is 1. The first-order chi connectivity index (χ1) is 14.8. The van der Waals surface area contributed by atoms with E-state index in [1.165, 1.54) is 40.5 Å². The maximum Gasteiger partial charge on any atom is 0.244 e. The van der Waals surface area contributed by atoms with Crippen LogP contribution in [-0.2, 0) is 21.2 Å². The lowest BCUT2D eigenvalue weighted by atomic mass is 10.2. The quantitative estimate of drug-likeness (QED) is 0.408. The third-order valence-corrected chi connectivity index (χ3v) is 7.51. The van der Waals surface area contributed by atoms with E-state index in [1.807, 2.05) is 31.2 Å². The van der Waals surface area contributed by atoms with E-state index in [1.54, 1.807) is 18.3 Å². The number of pyridine rings is 1. The van der Waals surface area contributed by atoms with E-state index >= 15 is 0 Å². The summed E-state index contributed by atoms with van der Waals surface area (Å²) < 4.78 is 26.6. The predicted octanol–water partition coefficient (Wildman–Crippen LogP) is 4.66. The molecule has 31 heavy (non-hydrogen) atoms. The molecule has 4 aromatic rings. The molecule has 0 saturated carbocycles. The van der Waals surface area contributed by atoms with E-state index in [0.29, 0.717) is 15.8 Å². The van der Waals surface area contributed by atoms with Crippen LogP contribution in [0.2, 0.25) is 5.02 Å². The Balaban J connectivity index is 1.69. The fourth-order valence-corrected chi connectivity index (χ4v) is 5.42. The summed E-state index contributed by atoms with van der Waals surface area (Å²) in [5.41, 5.74) is 2.47. The van der Waals surface area contributed by atoms with Crippen molar-refractivity contribution in [3.05, 3.63) is 83.1 Å². The summed E-state index contributed by atoms with van der Waals surface area (Å²) in [6, 6.07) is 17.0. The Morgan fingerprint density at radius 1 is 1.10 bits per heavy atom. The second kappa shape index (κ2) is 8.74. The van der Waals surface area contributed by atoms with Crippen LogP contribution in [-0.4, -0.2) is 30.0 Å². The van der Waals surface area contributed by atoms with Crippen molar-refractivity contribution in [3.63, 3.8) is 0 Å². The van der Waals surface area contributed by atoms with Gasteiger partial charge in [-0.25, -0.2) is 13.4 Å². The number of rotatable bonds is 6. The summed E-state index contributed by atoms with van der Waals surface area (Å²) in [4.78, 5) is 23.5. The second-order valence-electron chi connectivity index (χ2n) is 6.98. The molecule has 0 saturated heterocycles. The van der Waals surface area contributed by atoms with Gasteiger partial charge in [-0.2, -0.15) is 0 Å². The Kier molecular flexibility index (Phi) is 6.04. The topological polar surface area (TPSA) is 80.2 Å². The lowest BCUT2D eigenvalue weighted by Crippen LogP contribution is -2.35. The van der Waals surface area contributed by atoms with Crippen LogP contribution in [0.1, 0.15) is 11.3 Å². The van der Waals surface area contributed by atoms with Crippen molar-refractivity contribution < 1.29 is 13.2 Å². The number of hydrogen-bond acceptors (Lipinski definition) is 6. The normalized spacial score (nSPS) is 11.5. The molecule has 0 bridgehead atoms. The average Bonchev–Trinajstić information content (AvgIpc) is 3.15. The van der Waals surface area contributed by atoms with Crippen LogP contribution in [0.25, 0.3) is 10.2 Å². The molecule has 0 N–H and O–H groups in total. The standard InChI is InChI=1S/C22H18ClN3O3S2/c1-15-5-10-19-20(12-15)30-22(25-19)26(13-17-4-2-3-11-24-17)21(27)14-31(28,29)18-8-6-16(23)7-9-18/h2-12H,13-14H2,1H3. The fourth-order valence-electron chi connectivity index (χ4n) is 3.02. The smallest absolute Gasteiger partial charge is 0.244 e. The highest BCUT2D eigenvalue weighted by Crippen LogP contribution is 2.31. The summed E-state index contributed by atoms with van der Waals surface area (Å²) in [6.45, 7) is 2.10. The van der Waals surface area contributed by atoms with Gasteiger partial charge in [0.15, 0.2) is 15.0 Å². The molecule has 0 unspecified atom stereocenters. The predicted molar refractivity (Wildman–Crippen MR) is 123 cm³/mol. The van der Waals surface area contributed by atoms with Gasteiger partial charge in [0.2, 0.25) is 5.91 Å². The first-order valence-electron chi connectivity index (χ1n) is 9.38. The zero-order valence-electron chi connectivity index (χ0n) is 16.5. The number of aromatic nitrogens is 2. The highest BCUT2D eigenvalue weighted by Gasteiger charge is 2.27. The zero-order chi connectivity index (χ0) is 22.0. The van der Waals surface area contributed by atoms with Crippen LogP contribution >= 0.6 is 22.9 Å². The van der Waals surface area contributed by atoms with Gasteiger partial charge < -0.3 is 0 Å². The van der Waals surface area contributed by atoms with Crippen LogP contribution in [0, 0.1) is 6.92 Å². The molecule has 0 spiro atoms. The van der Waals surface area contributed by atoms with Gasteiger partial charge in [0.1, 0.15) is 5.75 Å². The first kappa shape index (κ1) is 21.4. The highest BCUT2D eigenvalue weighted by molar-refractivity contribution is 7.92. The summed E-state index contributed by atoms with van der Waals surface area (Å²) in [7, 11) is -3.85. The van der Waals surface area contributed by atoms with Crippen LogP contribution in [0.15, 0.2) is 71.8 Å². The van der Waals surface area contributed by atoms with Crippen LogP contribution in [0.5, 0.6) is 0 Å². The number of amides is 1. The number of anilines is 1. The number of sulfone groups is 1. The highest BCUT2D eigenvalue weighted by atomic mass is 35.5. The van der Waals surface area contributed by atoms with Gasteiger partial charge in [0.25, 0.3) is 0 Å². The molecule has 2 aromatic heterocycles. The minimum absolute atomic E-state index is 0.0444. The molecule has 0 atom stereocenters. The lowest BCUT2D eigenvalue weighted by molar-refractivity contribution is -0.116. The Hall–Kier alpha value is -2.81. The van der Waals surface area contributed by atoms with Crippen LogP contribution in [0.4, 0.5) is 5.13 Å². The third kappa shape index (κ3) is 4.92. The van der Waals surface area contributed by atoms with Crippen molar-refractivity contribution in [2.75, 3.05) is 10.7 Å². The Bertz CT molecular complexity index is 1340. The number of nitrogens with zero attached hydrogens (tertiary/aromatic N) is 3. The molecule has 9 heteroatoms. The van der Waals surface area contributed by atoms with E-state index in [9.17, 15) is 13.2 Å². The molecule has 2 aromatic carbocycles. The molecule has 0 radical (unpaired) electrons. The summed E-state index contributed by atoms with van der Waals surface area (Å²) in [5, 5.41) is 0.856. The van der Waals surface area contributed by atoms with E-state index in [4.69, 9.17) is 11.6 Å². The maximum absolute atomic E-state index is 13.2. The monoisotopic (exact) mass is 471 g/mol. The third-order valence-electron chi connectivity index (χ3n) is 4.60.